The second kappa shape index (κ2) is 7.73. The minimum atomic E-state index is -0.492. The van der Waals surface area contributed by atoms with Crippen LogP contribution < -0.4 is 4.74 Å². The van der Waals surface area contributed by atoms with Crippen LogP contribution in [-0.2, 0) is 9.53 Å². The average Bonchev–Trinajstić information content (AvgIpc) is 2.43. The van der Waals surface area contributed by atoms with Crippen molar-refractivity contribution in [2.24, 2.45) is 0 Å². The molecule has 6 heteroatoms. The molecule has 0 fully saturated rings. The van der Waals surface area contributed by atoms with Crippen LogP contribution in [0, 0.1) is 10.1 Å². The number of allylic oxidation sites excluding steroid dienone is 2. The monoisotopic (exact) mass is 277 g/mol. The predicted molar refractivity (Wildman–Crippen MR) is 74.5 cm³/mol. The highest BCUT2D eigenvalue weighted by Crippen LogP contribution is 2.23. The molecule has 6 nitrogen and oxygen atoms in total. The lowest BCUT2D eigenvalue weighted by Gasteiger charge is -2.01. The first-order valence-electron chi connectivity index (χ1n) is 5.91. The molecule has 0 aliphatic rings. The minimum Gasteiger partial charge on any atom is -0.496 e. The van der Waals surface area contributed by atoms with Gasteiger partial charge in [0.25, 0.3) is 5.69 Å². The standard InChI is InChI=1S/C14H15NO5/c1-3-20-14(16)7-5-4-6-11-8-12(15(17)18)10-13(9-11)19-2/h4-10H,3H2,1-2H3. The fraction of sp³-hybridized carbons (Fsp3) is 0.214. The molecule has 0 aromatic heterocycles. The van der Waals surface area contributed by atoms with Gasteiger partial charge in [0.1, 0.15) is 5.75 Å². The number of hydrogen-bond acceptors (Lipinski definition) is 5. The van der Waals surface area contributed by atoms with Crippen LogP contribution in [0.25, 0.3) is 6.08 Å². The molecule has 0 unspecified atom stereocenters. The summed E-state index contributed by atoms with van der Waals surface area (Å²) in [6.07, 6.45) is 6.00. The van der Waals surface area contributed by atoms with Gasteiger partial charge in [-0.05, 0) is 18.6 Å². The molecule has 0 heterocycles. The second-order valence-corrected chi connectivity index (χ2v) is 3.69. The number of hydrogen-bond donors (Lipinski definition) is 0. The molecule has 106 valence electrons. The van der Waals surface area contributed by atoms with Crippen molar-refractivity contribution in [1.29, 1.82) is 0 Å². The van der Waals surface area contributed by atoms with Crippen LogP contribution in [0.3, 0.4) is 0 Å². The molecule has 0 saturated carbocycles. The van der Waals surface area contributed by atoms with Gasteiger partial charge in [-0.1, -0.05) is 18.2 Å². The highest BCUT2D eigenvalue weighted by molar-refractivity contribution is 5.82. The Balaban J connectivity index is 2.83. The van der Waals surface area contributed by atoms with E-state index in [9.17, 15) is 14.9 Å². The Bertz CT molecular complexity index is 548. The molecule has 1 aromatic rings. The first-order valence-corrected chi connectivity index (χ1v) is 5.91. The molecular formula is C14H15NO5. The van der Waals surface area contributed by atoms with E-state index >= 15 is 0 Å². The smallest absolute Gasteiger partial charge is 0.330 e. The number of benzene rings is 1. The summed E-state index contributed by atoms with van der Waals surface area (Å²) in [7, 11) is 1.44. The molecule has 1 rings (SSSR count). The summed E-state index contributed by atoms with van der Waals surface area (Å²) in [5.41, 5.74) is 0.544. The maximum absolute atomic E-state index is 11.0. The number of nitro benzene ring substituents is 1. The summed E-state index contributed by atoms with van der Waals surface area (Å²) in [5, 5.41) is 10.8. The van der Waals surface area contributed by atoms with E-state index < -0.39 is 10.9 Å². The summed E-state index contributed by atoms with van der Waals surface area (Å²) >= 11 is 0. The van der Waals surface area contributed by atoms with Crippen molar-refractivity contribution in [3.63, 3.8) is 0 Å². The lowest BCUT2D eigenvalue weighted by molar-refractivity contribution is -0.384. The Kier molecular flexibility index (Phi) is 5.96. The van der Waals surface area contributed by atoms with E-state index in [1.807, 2.05) is 0 Å². The molecule has 0 N–H and O–H groups in total. The van der Waals surface area contributed by atoms with E-state index in [1.165, 1.54) is 31.4 Å². The van der Waals surface area contributed by atoms with Gasteiger partial charge in [0.05, 0.1) is 24.7 Å². The molecule has 0 aliphatic heterocycles. The first kappa shape index (κ1) is 15.4. The molecule has 0 bridgehead atoms. The Morgan fingerprint density at radius 2 is 2.10 bits per heavy atom. The molecule has 0 atom stereocenters. The zero-order valence-corrected chi connectivity index (χ0v) is 11.2. The number of nitro groups is 1. The number of methoxy groups -OCH3 is 1. The van der Waals surface area contributed by atoms with Crippen molar-refractivity contribution < 1.29 is 19.2 Å². The number of esters is 1. The molecule has 0 radical (unpaired) electrons. The van der Waals surface area contributed by atoms with Crippen LogP contribution in [0.5, 0.6) is 5.75 Å². The summed E-state index contributed by atoms with van der Waals surface area (Å²) in [4.78, 5) is 21.3. The Morgan fingerprint density at radius 1 is 1.35 bits per heavy atom. The lowest BCUT2D eigenvalue weighted by atomic mass is 10.1. The quantitative estimate of drug-likeness (QED) is 0.262. The number of nitrogens with zero attached hydrogens (tertiary/aromatic N) is 1. The van der Waals surface area contributed by atoms with Crippen LogP contribution >= 0.6 is 0 Å². The van der Waals surface area contributed by atoms with Gasteiger partial charge in [-0.15, -0.1) is 0 Å². The van der Waals surface area contributed by atoms with Crippen molar-refractivity contribution in [2.45, 2.75) is 6.92 Å². The van der Waals surface area contributed by atoms with Crippen molar-refractivity contribution in [3.05, 3.63) is 52.1 Å². The number of carbonyl (C=O) groups excluding carboxylic acids is 1. The Labute approximate surface area is 116 Å². The number of carbonyl (C=O) groups is 1. The number of ether oxygens (including phenoxy) is 2. The van der Waals surface area contributed by atoms with Gasteiger partial charge < -0.3 is 9.47 Å². The third-order valence-corrected chi connectivity index (χ3v) is 2.28. The highest BCUT2D eigenvalue weighted by atomic mass is 16.6. The van der Waals surface area contributed by atoms with Gasteiger partial charge >= 0.3 is 5.97 Å². The van der Waals surface area contributed by atoms with Gasteiger partial charge in [-0.3, -0.25) is 10.1 Å². The van der Waals surface area contributed by atoms with Gasteiger partial charge in [-0.25, -0.2) is 4.79 Å². The Hall–Kier alpha value is -2.63. The van der Waals surface area contributed by atoms with Gasteiger partial charge in [0.2, 0.25) is 0 Å². The summed E-state index contributed by atoms with van der Waals surface area (Å²) < 4.78 is 9.70. The van der Waals surface area contributed by atoms with E-state index in [-0.39, 0.29) is 5.69 Å². The van der Waals surface area contributed by atoms with Crippen LogP contribution in [0.1, 0.15) is 12.5 Å². The number of non-ortho nitro benzene ring substituents is 1. The van der Waals surface area contributed by atoms with E-state index in [4.69, 9.17) is 9.47 Å². The summed E-state index contributed by atoms with van der Waals surface area (Å²) in [6, 6.07) is 4.41. The topological polar surface area (TPSA) is 78.7 Å². The van der Waals surface area contributed by atoms with Crippen molar-refractivity contribution >= 4 is 17.7 Å². The van der Waals surface area contributed by atoms with Gasteiger partial charge in [0, 0.05) is 12.1 Å². The van der Waals surface area contributed by atoms with Crippen molar-refractivity contribution in [1.82, 2.24) is 0 Å². The Morgan fingerprint density at radius 3 is 2.70 bits per heavy atom. The maximum atomic E-state index is 11.0. The minimum absolute atomic E-state index is 0.0571. The van der Waals surface area contributed by atoms with E-state index in [0.29, 0.717) is 17.9 Å². The predicted octanol–water partition coefficient (Wildman–Crippen LogP) is 2.74. The van der Waals surface area contributed by atoms with E-state index in [2.05, 4.69) is 0 Å². The molecule has 20 heavy (non-hydrogen) atoms. The molecule has 0 saturated heterocycles. The largest absolute Gasteiger partial charge is 0.496 e. The van der Waals surface area contributed by atoms with Crippen LogP contribution in [0.4, 0.5) is 5.69 Å². The molecule has 0 aliphatic carbocycles. The van der Waals surface area contributed by atoms with Gasteiger partial charge in [-0.2, -0.15) is 0 Å². The fourth-order valence-corrected chi connectivity index (χ4v) is 1.42. The summed E-state index contributed by atoms with van der Waals surface area (Å²) in [6.45, 7) is 2.03. The fourth-order valence-electron chi connectivity index (χ4n) is 1.42. The first-order chi connectivity index (χ1) is 9.56. The third-order valence-electron chi connectivity index (χ3n) is 2.28. The van der Waals surface area contributed by atoms with Crippen LogP contribution in [-0.4, -0.2) is 24.6 Å². The van der Waals surface area contributed by atoms with Crippen molar-refractivity contribution in [2.75, 3.05) is 13.7 Å². The van der Waals surface area contributed by atoms with Crippen LogP contribution in [0.15, 0.2) is 36.4 Å². The molecule has 0 amide bonds. The number of rotatable bonds is 6. The van der Waals surface area contributed by atoms with Crippen molar-refractivity contribution in [3.8, 4) is 5.75 Å². The highest BCUT2D eigenvalue weighted by Gasteiger charge is 2.08. The summed E-state index contributed by atoms with van der Waals surface area (Å²) in [5.74, 6) is -0.0398. The lowest BCUT2D eigenvalue weighted by Crippen LogP contribution is -1.98. The van der Waals surface area contributed by atoms with E-state index in [0.717, 1.165) is 0 Å². The van der Waals surface area contributed by atoms with Gasteiger partial charge in [0.15, 0.2) is 0 Å². The average molecular weight is 277 g/mol. The SMILES string of the molecule is CCOC(=O)C=CC=Cc1cc(OC)cc([N+](=O)[O-])c1. The zero-order valence-electron chi connectivity index (χ0n) is 11.2. The van der Waals surface area contributed by atoms with E-state index in [1.54, 1.807) is 25.1 Å². The molecular weight excluding hydrogens is 262 g/mol. The molecule has 0 spiro atoms. The second-order valence-electron chi connectivity index (χ2n) is 3.69. The van der Waals surface area contributed by atoms with Crippen LogP contribution in [0.2, 0.25) is 0 Å². The molecule has 1 aromatic carbocycles. The maximum Gasteiger partial charge on any atom is 0.330 e. The normalized spacial score (nSPS) is 10.9. The zero-order chi connectivity index (χ0) is 15.0. The third kappa shape index (κ3) is 4.93.